The van der Waals surface area contributed by atoms with Gasteiger partial charge in [0.05, 0.1) is 36.7 Å². The molecule has 0 bridgehead atoms. The number of aliphatic imine (C=N–C) groups is 1. The monoisotopic (exact) mass is 407 g/mol. The molecular formula is C24H29N3O3. The number of nitrogens with zero attached hydrogens (tertiary/aromatic N) is 2. The molecule has 0 aliphatic carbocycles. The highest BCUT2D eigenvalue weighted by molar-refractivity contribution is 6.14. The van der Waals surface area contributed by atoms with Crippen LogP contribution >= 0.6 is 0 Å². The van der Waals surface area contributed by atoms with E-state index in [4.69, 9.17) is 14.5 Å². The van der Waals surface area contributed by atoms with E-state index in [1.807, 2.05) is 19.1 Å². The Hall–Kier alpha value is -2.99. The number of H-pyrrole nitrogens is 1. The van der Waals surface area contributed by atoms with Gasteiger partial charge in [0.15, 0.2) is 17.4 Å². The lowest BCUT2D eigenvalue weighted by molar-refractivity contribution is 0.331. The number of rotatable bonds is 7. The van der Waals surface area contributed by atoms with E-state index in [2.05, 4.69) is 34.1 Å². The molecule has 2 N–H and O–H groups in total. The fourth-order valence-corrected chi connectivity index (χ4v) is 4.14. The molecule has 0 saturated carbocycles. The van der Waals surface area contributed by atoms with E-state index >= 15 is 0 Å². The summed E-state index contributed by atoms with van der Waals surface area (Å²) in [4.78, 5) is 10.4. The summed E-state index contributed by atoms with van der Waals surface area (Å²) in [5, 5.41) is 11.5. The van der Waals surface area contributed by atoms with Crippen molar-refractivity contribution in [2.75, 3.05) is 27.3 Å². The molecule has 0 spiro atoms. The van der Waals surface area contributed by atoms with Gasteiger partial charge in [0.2, 0.25) is 0 Å². The van der Waals surface area contributed by atoms with Crippen molar-refractivity contribution in [3.05, 3.63) is 47.5 Å². The molecule has 158 valence electrons. The van der Waals surface area contributed by atoms with Crippen LogP contribution in [0, 0.1) is 0 Å². The van der Waals surface area contributed by atoms with Gasteiger partial charge >= 0.3 is 0 Å². The number of fused-ring (bicyclic) bond motifs is 1. The Kier molecular flexibility index (Phi) is 5.95. The van der Waals surface area contributed by atoms with E-state index < -0.39 is 0 Å². The highest BCUT2D eigenvalue weighted by atomic mass is 16.5. The number of hydrogen-bond acceptors (Lipinski definition) is 5. The number of hydrogen-bond donors (Lipinski definition) is 2. The molecular weight excluding hydrogens is 378 g/mol. The Morgan fingerprint density at radius 1 is 1.07 bits per heavy atom. The molecule has 4 rings (SSSR count). The number of nitrogens with one attached hydrogen (secondary N) is 1. The first-order valence-corrected chi connectivity index (χ1v) is 10.5. The predicted octanol–water partition coefficient (Wildman–Crippen LogP) is 5.02. The summed E-state index contributed by atoms with van der Waals surface area (Å²) in [6.45, 7) is 5.41. The number of aromatic nitrogens is 1. The van der Waals surface area contributed by atoms with Crippen LogP contribution in [0.5, 0.6) is 17.4 Å². The minimum absolute atomic E-state index is 0.103. The molecule has 0 radical (unpaired) electrons. The van der Waals surface area contributed by atoms with Crippen molar-refractivity contribution in [2.45, 2.75) is 32.7 Å². The minimum atomic E-state index is 0.103. The molecule has 0 unspecified atom stereocenters. The molecule has 2 aromatic carbocycles. The molecule has 0 atom stereocenters. The molecule has 1 saturated heterocycles. The van der Waals surface area contributed by atoms with Crippen LogP contribution in [0.3, 0.4) is 0 Å². The van der Waals surface area contributed by atoms with Crippen molar-refractivity contribution in [2.24, 2.45) is 4.99 Å². The molecule has 6 nitrogen and oxygen atoms in total. The largest absolute Gasteiger partial charge is 0.494 e. The molecule has 1 aromatic heterocycles. The van der Waals surface area contributed by atoms with Gasteiger partial charge in [-0.05, 0) is 56.1 Å². The van der Waals surface area contributed by atoms with Crippen LogP contribution in [0.4, 0.5) is 5.69 Å². The van der Waals surface area contributed by atoms with Gasteiger partial charge in [-0.3, -0.25) is 9.89 Å². The van der Waals surface area contributed by atoms with Crippen molar-refractivity contribution in [3.63, 3.8) is 0 Å². The van der Waals surface area contributed by atoms with Gasteiger partial charge in [0.25, 0.3) is 0 Å². The lowest BCUT2D eigenvalue weighted by Crippen LogP contribution is -2.18. The Bertz CT molecular complexity index is 1050. The molecule has 0 amide bonds. The molecule has 30 heavy (non-hydrogen) atoms. The molecule has 1 fully saturated rings. The summed E-state index contributed by atoms with van der Waals surface area (Å²) in [7, 11) is 3.20. The fraction of sp³-hybridized carbons (Fsp3) is 0.375. The summed E-state index contributed by atoms with van der Waals surface area (Å²) in [6, 6.07) is 12.1. The quantitative estimate of drug-likeness (QED) is 0.540. The summed E-state index contributed by atoms with van der Waals surface area (Å²) in [5.41, 5.74) is 4.49. The van der Waals surface area contributed by atoms with E-state index in [0.29, 0.717) is 23.5 Å². The summed E-state index contributed by atoms with van der Waals surface area (Å²) >= 11 is 0. The zero-order valence-electron chi connectivity index (χ0n) is 17.9. The Morgan fingerprint density at radius 3 is 2.37 bits per heavy atom. The maximum absolute atomic E-state index is 10.6. The van der Waals surface area contributed by atoms with Crippen molar-refractivity contribution in [1.82, 2.24) is 9.88 Å². The van der Waals surface area contributed by atoms with Crippen molar-refractivity contribution >= 4 is 22.3 Å². The SMILES string of the molecule is CCC(=Nc1ccc(CN2CCCC2)cc1)c1c(O)[nH]c2cc(OC)c(OC)cc12. The zero-order chi connectivity index (χ0) is 21.1. The summed E-state index contributed by atoms with van der Waals surface area (Å²) in [5.74, 6) is 1.33. The average molecular weight is 408 g/mol. The third-order valence-corrected chi connectivity index (χ3v) is 5.71. The van der Waals surface area contributed by atoms with E-state index in [-0.39, 0.29) is 5.88 Å². The average Bonchev–Trinajstić information content (AvgIpc) is 3.38. The van der Waals surface area contributed by atoms with Gasteiger partial charge in [-0.15, -0.1) is 0 Å². The molecule has 2 heterocycles. The van der Waals surface area contributed by atoms with Crippen LogP contribution in [-0.4, -0.2) is 48.0 Å². The number of methoxy groups -OCH3 is 2. The Balaban J connectivity index is 1.66. The van der Waals surface area contributed by atoms with Crippen LogP contribution < -0.4 is 9.47 Å². The van der Waals surface area contributed by atoms with E-state index in [1.54, 1.807) is 14.2 Å². The van der Waals surface area contributed by atoms with Crippen LogP contribution in [0.15, 0.2) is 41.4 Å². The first-order chi connectivity index (χ1) is 14.6. The van der Waals surface area contributed by atoms with E-state index in [1.165, 1.54) is 31.5 Å². The zero-order valence-corrected chi connectivity index (χ0v) is 17.9. The van der Waals surface area contributed by atoms with Crippen LogP contribution in [-0.2, 0) is 6.54 Å². The second kappa shape index (κ2) is 8.79. The topological polar surface area (TPSA) is 70.1 Å². The smallest absolute Gasteiger partial charge is 0.198 e. The van der Waals surface area contributed by atoms with E-state index in [0.717, 1.165) is 28.8 Å². The lowest BCUT2D eigenvalue weighted by Gasteiger charge is -2.14. The van der Waals surface area contributed by atoms with Crippen LogP contribution in [0.25, 0.3) is 10.9 Å². The maximum atomic E-state index is 10.6. The van der Waals surface area contributed by atoms with Gasteiger partial charge in [0, 0.05) is 18.0 Å². The van der Waals surface area contributed by atoms with Gasteiger partial charge in [0.1, 0.15) is 0 Å². The summed E-state index contributed by atoms with van der Waals surface area (Å²) in [6.07, 6.45) is 3.28. The third kappa shape index (κ3) is 4.00. The first-order valence-electron chi connectivity index (χ1n) is 10.5. The van der Waals surface area contributed by atoms with E-state index in [9.17, 15) is 5.11 Å². The lowest BCUT2D eigenvalue weighted by atomic mass is 10.1. The van der Waals surface area contributed by atoms with Gasteiger partial charge in [-0.1, -0.05) is 19.1 Å². The van der Waals surface area contributed by atoms with Gasteiger partial charge in [-0.25, -0.2) is 0 Å². The molecule has 1 aliphatic heterocycles. The van der Waals surface area contributed by atoms with Crippen molar-refractivity contribution < 1.29 is 14.6 Å². The second-order valence-corrected chi connectivity index (χ2v) is 7.66. The molecule has 6 heteroatoms. The second-order valence-electron chi connectivity index (χ2n) is 7.66. The first kappa shape index (κ1) is 20.3. The number of likely N-dealkylation sites (tertiary alicyclic amines) is 1. The Morgan fingerprint density at radius 2 is 1.73 bits per heavy atom. The Labute approximate surface area is 177 Å². The van der Waals surface area contributed by atoms with Crippen molar-refractivity contribution in [3.8, 4) is 17.4 Å². The van der Waals surface area contributed by atoms with Gasteiger partial charge in [-0.2, -0.15) is 0 Å². The minimum Gasteiger partial charge on any atom is -0.494 e. The number of benzene rings is 2. The normalized spacial score (nSPS) is 15.1. The number of ether oxygens (including phenoxy) is 2. The number of aromatic hydroxyl groups is 1. The van der Waals surface area contributed by atoms with Crippen LogP contribution in [0.2, 0.25) is 0 Å². The van der Waals surface area contributed by atoms with Crippen molar-refractivity contribution in [1.29, 1.82) is 0 Å². The predicted molar refractivity (Wildman–Crippen MR) is 121 cm³/mol. The standard InChI is InChI=1S/C24H29N3O3/c1-4-19(25-17-9-7-16(8-10-17)15-27-11-5-6-12-27)23-18-13-21(29-2)22(30-3)14-20(18)26-24(23)28/h7-10,13-14,26,28H,4-6,11-12,15H2,1-3H3. The molecule has 3 aromatic rings. The maximum Gasteiger partial charge on any atom is 0.198 e. The fourth-order valence-electron chi connectivity index (χ4n) is 4.14. The highest BCUT2D eigenvalue weighted by Crippen LogP contribution is 2.37. The third-order valence-electron chi connectivity index (χ3n) is 5.71. The number of aromatic amines is 1. The highest BCUT2D eigenvalue weighted by Gasteiger charge is 2.19. The molecule has 1 aliphatic rings. The summed E-state index contributed by atoms with van der Waals surface area (Å²) < 4.78 is 10.8. The van der Waals surface area contributed by atoms with Crippen LogP contribution in [0.1, 0.15) is 37.3 Å². The van der Waals surface area contributed by atoms with Gasteiger partial charge < -0.3 is 19.6 Å².